The number of fused-ring (bicyclic) bond motifs is 1. The Balaban J connectivity index is 2.06. The first-order chi connectivity index (χ1) is 8.65. The Hall–Kier alpha value is -1.26. The molecule has 1 aliphatic rings. The molecule has 18 heavy (non-hydrogen) atoms. The summed E-state index contributed by atoms with van der Waals surface area (Å²) in [5.74, 6) is 1.60. The van der Waals surface area contributed by atoms with Gasteiger partial charge in [-0.1, -0.05) is 15.9 Å². The number of furan rings is 1. The molecule has 1 aliphatic heterocycles. The Labute approximate surface area is 114 Å². The van der Waals surface area contributed by atoms with Gasteiger partial charge >= 0.3 is 0 Å². The molecule has 2 aromatic rings. The minimum Gasteiger partial charge on any atom is -0.493 e. The predicted octanol–water partition coefficient (Wildman–Crippen LogP) is 3.37. The van der Waals surface area contributed by atoms with E-state index in [9.17, 15) is 5.11 Å². The van der Waals surface area contributed by atoms with Gasteiger partial charge in [-0.3, -0.25) is 0 Å². The summed E-state index contributed by atoms with van der Waals surface area (Å²) in [4.78, 5) is 0. The minimum atomic E-state index is -0.716. The van der Waals surface area contributed by atoms with Crippen molar-refractivity contribution in [2.24, 2.45) is 0 Å². The molecule has 94 valence electrons. The van der Waals surface area contributed by atoms with Crippen molar-refractivity contribution in [3.63, 3.8) is 0 Å². The van der Waals surface area contributed by atoms with Crippen LogP contribution in [0.3, 0.4) is 0 Å². The molecule has 1 atom stereocenters. The highest BCUT2D eigenvalue weighted by Gasteiger charge is 2.23. The highest BCUT2D eigenvalue weighted by molar-refractivity contribution is 9.10. The number of aryl methyl sites for hydroxylation is 1. The van der Waals surface area contributed by atoms with Gasteiger partial charge in [0, 0.05) is 22.0 Å². The zero-order valence-electron chi connectivity index (χ0n) is 9.94. The summed E-state index contributed by atoms with van der Waals surface area (Å²) in [5, 5.41) is 10.4. The normalized spacial score (nSPS) is 15.3. The summed E-state index contributed by atoms with van der Waals surface area (Å²) in [5.41, 5.74) is 2.68. The lowest BCUT2D eigenvalue weighted by molar-refractivity contribution is 0.212. The molecule has 1 aromatic heterocycles. The lowest BCUT2D eigenvalue weighted by Crippen LogP contribution is -2.01. The summed E-state index contributed by atoms with van der Waals surface area (Å²) in [7, 11) is 0. The van der Waals surface area contributed by atoms with Crippen molar-refractivity contribution in [3.8, 4) is 5.75 Å². The van der Waals surface area contributed by atoms with Crippen molar-refractivity contribution in [1.82, 2.24) is 0 Å². The summed E-state index contributed by atoms with van der Waals surface area (Å²) < 4.78 is 11.8. The smallest absolute Gasteiger partial charge is 0.128 e. The van der Waals surface area contributed by atoms with Gasteiger partial charge in [0.2, 0.25) is 0 Å². The van der Waals surface area contributed by atoms with Crippen LogP contribution in [0.1, 0.15) is 28.6 Å². The van der Waals surface area contributed by atoms with Crippen molar-refractivity contribution in [1.29, 1.82) is 0 Å². The third kappa shape index (κ3) is 1.95. The fraction of sp³-hybridized carbons (Fsp3) is 0.286. The highest BCUT2D eigenvalue weighted by atomic mass is 79.9. The Morgan fingerprint density at radius 3 is 2.89 bits per heavy atom. The molecular weight excluding hydrogens is 296 g/mol. The van der Waals surface area contributed by atoms with Gasteiger partial charge in [0.1, 0.15) is 17.6 Å². The second kappa shape index (κ2) is 4.44. The minimum absolute atomic E-state index is 0.677. The average Bonchev–Trinajstić information content (AvgIpc) is 2.95. The summed E-state index contributed by atoms with van der Waals surface area (Å²) >= 11 is 3.47. The first-order valence-corrected chi connectivity index (χ1v) is 6.62. The van der Waals surface area contributed by atoms with Crippen molar-refractivity contribution >= 4 is 15.9 Å². The highest BCUT2D eigenvalue weighted by Crippen LogP contribution is 2.38. The maximum atomic E-state index is 10.4. The molecule has 2 heterocycles. The van der Waals surface area contributed by atoms with Crippen LogP contribution in [0, 0.1) is 6.92 Å². The van der Waals surface area contributed by atoms with Crippen LogP contribution < -0.4 is 4.74 Å². The van der Waals surface area contributed by atoms with E-state index in [0.29, 0.717) is 6.61 Å². The van der Waals surface area contributed by atoms with Gasteiger partial charge in [-0.2, -0.15) is 0 Å². The molecule has 1 N–H and O–H groups in total. The van der Waals surface area contributed by atoms with Crippen LogP contribution in [-0.4, -0.2) is 11.7 Å². The molecule has 0 aliphatic carbocycles. The van der Waals surface area contributed by atoms with E-state index in [2.05, 4.69) is 15.9 Å². The van der Waals surface area contributed by atoms with E-state index in [1.165, 1.54) is 0 Å². The van der Waals surface area contributed by atoms with Gasteiger partial charge < -0.3 is 14.3 Å². The molecule has 0 bridgehead atoms. The summed E-state index contributed by atoms with van der Waals surface area (Å²) in [6.07, 6.45) is 1.76. The lowest BCUT2D eigenvalue weighted by atomic mass is 10.00. The molecule has 1 unspecified atom stereocenters. The molecule has 4 heteroatoms. The van der Waals surface area contributed by atoms with E-state index in [0.717, 1.165) is 39.1 Å². The van der Waals surface area contributed by atoms with Gasteiger partial charge in [0.15, 0.2) is 0 Å². The molecule has 0 saturated heterocycles. The van der Waals surface area contributed by atoms with Gasteiger partial charge in [0.25, 0.3) is 0 Å². The van der Waals surface area contributed by atoms with Crippen LogP contribution in [0.25, 0.3) is 0 Å². The number of aliphatic hydroxyl groups excluding tert-OH is 1. The Morgan fingerprint density at radius 1 is 1.33 bits per heavy atom. The van der Waals surface area contributed by atoms with Gasteiger partial charge in [-0.05, 0) is 30.7 Å². The van der Waals surface area contributed by atoms with E-state index in [4.69, 9.17) is 9.15 Å². The van der Waals surface area contributed by atoms with Crippen LogP contribution in [0.15, 0.2) is 33.4 Å². The topological polar surface area (TPSA) is 42.6 Å². The zero-order chi connectivity index (χ0) is 12.7. The first kappa shape index (κ1) is 11.8. The van der Waals surface area contributed by atoms with Crippen molar-refractivity contribution < 1.29 is 14.3 Å². The van der Waals surface area contributed by atoms with E-state index < -0.39 is 6.10 Å². The molecule has 0 saturated carbocycles. The average molecular weight is 309 g/mol. The molecule has 0 fully saturated rings. The molecule has 3 nitrogen and oxygen atoms in total. The number of benzene rings is 1. The Kier molecular flexibility index (Phi) is 2.92. The molecular formula is C14H13BrO3. The largest absolute Gasteiger partial charge is 0.493 e. The molecule has 1 aromatic carbocycles. The fourth-order valence-electron chi connectivity index (χ4n) is 2.29. The molecule has 0 amide bonds. The van der Waals surface area contributed by atoms with Crippen molar-refractivity contribution in [3.05, 3.63) is 51.4 Å². The summed E-state index contributed by atoms with van der Waals surface area (Å²) in [6, 6.07) is 5.78. The number of hydrogen-bond acceptors (Lipinski definition) is 3. The van der Waals surface area contributed by atoms with Crippen LogP contribution in [0.5, 0.6) is 5.75 Å². The lowest BCUT2D eigenvalue weighted by Gasteiger charge is -2.13. The van der Waals surface area contributed by atoms with Crippen molar-refractivity contribution in [2.75, 3.05) is 6.61 Å². The third-order valence-corrected chi connectivity index (χ3v) is 3.60. The van der Waals surface area contributed by atoms with Gasteiger partial charge in [-0.15, -0.1) is 0 Å². The number of rotatable bonds is 2. The Morgan fingerprint density at radius 2 is 2.17 bits per heavy atom. The summed E-state index contributed by atoms with van der Waals surface area (Å²) in [6.45, 7) is 2.54. The monoisotopic (exact) mass is 308 g/mol. The second-order valence-electron chi connectivity index (χ2n) is 4.47. The second-order valence-corrected chi connectivity index (χ2v) is 5.39. The number of halogens is 1. The van der Waals surface area contributed by atoms with E-state index in [-0.39, 0.29) is 0 Å². The SMILES string of the molecule is Cc1cc(C(O)c2cc(Br)cc3c2OCC3)co1. The number of hydrogen-bond donors (Lipinski definition) is 1. The third-order valence-electron chi connectivity index (χ3n) is 3.14. The number of aliphatic hydroxyl groups is 1. The van der Waals surface area contributed by atoms with Crippen LogP contribution in [0.2, 0.25) is 0 Å². The molecule has 0 spiro atoms. The van der Waals surface area contributed by atoms with Crippen LogP contribution in [0.4, 0.5) is 0 Å². The maximum absolute atomic E-state index is 10.4. The van der Waals surface area contributed by atoms with E-state index in [1.807, 2.05) is 25.1 Å². The predicted molar refractivity (Wildman–Crippen MR) is 70.8 cm³/mol. The first-order valence-electron chi connectivity index (χ1n) is 5.83. The van der Waals surface area contributed by atoms with Gasteiger partial charge in [0.05, 0.1) is 12.9 Å². The van der Waals surface area contributed by atoms with Crippen LogP contribution in [-0.2, 0) is 6.42 Å². The van der Waals surface area contributed by atoms with Crippen molar-refractivity contribution in [2.45, 2.75) is 19.4 Å². The molecule has 3 rings (SSSR count). The number of ether oxygens (including phenoxy) is 1. The van der Waals surface area contributed by atoms with Crippen LogP contribution >= 0.6 is 15.9 Å². The van der Waals surface area contributed by atoms with E-state index >= 15 is 0 Å². The van der Waals surface area contributed by atoms with E-state index in [1.54, 1.807) is 6.26 Å². The Bertz CT molecular complexity index is 589. The standard InChI is InChI=1S/C14H13BrO3/c1-8-4-10(7-18-8)13(16)12-6-11(15)5-9-2-3-17-14(9)12/h4-7,13,16H,2-3H2,1H3. The maximum Gasteiger partial charge on any atom is 0.128 e. The van der Waals surface area contributed by atoms with Gasteiger partial charge in [-0.25, -0.2) is 0 Å². The molecule has 0 radical (unpaired) electrons. The zero-order valence-corrected chi connectivity index (χ0v) is 11.5. The fourth-order valence-corrected chi connectivity index (χ4v) is 2.81. The quantitative estimate of drug-likeness (QED) is 0.925.